The first-order chi connectivity index (χ1) is 12.5. The summed E-state index contributed by atoms with van der Waals surface area (Å²) in [7, 11) is 4.08. The van der Waals surface area contributed by atoms with Crippen molar-refractivity contribution in [1.82, 2.24) is 9.97 Å². The number of hydrogen-bond acceptors (Lipinski definition) is 2. The lowest BCUT2D eigenvalue weighted by molar-refractivity contribution is -0.622. The lowest BCUT2D eigenvalue weighted by atomic mass is 10.2. The molecule has 0 amide bonds. The van der Waals surface area contributed by atoms with Crippen LogP contribution >= 0.6 is 31.9 Å². The summed E-state index contributed by atoms with van der Waals surface area (Å²) >= 11 is 7.10. The van der Waals surface area contributed by atoms with Gasteiger partial charge in [0.15, 0.2) is 0 Å². The van der Waals surface area contributed by atoms with Crippen LogP contribution in [-0.4, -0.2) is 9.97 Å². The quantitative estimate of drug-likeness (QED) is 0.251. The van der Waals surface area contributed by atoms with Gasteiger partial charge in [0, 0.05) is 31.9 Å². The molecule has 126 valence electrons. The van der Waals surface area contributed by atoms with Gasteiger partial charge in [-0.1, -0.05) is 31.9 Å². The molecule has 0 fully saturated rings. The van der Waals surface area contributed by atoms with Crippen LogP contribution in [0.1, 0.15) is 0 Å². The number of benzene rings is 2. The van der Waals surface area contributed by atoms with Gasteiger partial charge in [-0.15, -0.1) is 0 Å². The standard InChI is InChI=1S/C20H14Br2N4/c1-25-17-5-3-13(21)7-11(17)9-15-19(25)23-16-10-12-8-14(22)4-6-18(12)26(2)20(16)24-15/h3-10H,1-2H3/q+2. The Kier molecular flexibility index (Phi) is 3.49. The van der Waals surface area contributed by atoms with Crippen molar-refractivity contribution in [3.8, 4) is 0 Å². The van der Waals surface area contributed by atoms with Crippen molar-refractivity contribution in [3.05, 3.63) is 57.5 Å². The van der Waals surface area contributed by atoms with E-state index in [2.05, 4.69) is 77.4 Å². The largest absolute Gasteiger partial charge is 0.376 e. The van der Waals surface area contributed by atoms with Crippen LogP contribution in [0.15, 0.2) is 57.5 Å². The van der Waals surface area contributed by atoms with E-state index in [1.165, 1.54) is 0 Å². The van der Waals surface area contributed by atoms with Gasteiger partial charge in [0.05, 0.1) is 14.1 Å². The maximum Gasteiger partial charge on any atom is 0.376 e. The molecule has 0 spiro atoms. The number of aromatic nitrogens is 4. The molecule has 5 aromatic rings. The molecule has 5 rings (SSSR count). The fraction of sp³-hybridized carbons (Fsp3) is 0.100. The van der Waals surface area contributed by atoms with Crippen molar-refractivity contribution in [2.24, 2.45) is 14.1 Å². The van der Waals surface area contributed by atoms with Crippen LogP contribution in [0.4, 0.5) is 0 Å². The molecule has 0 N–H and O–H groups in total. The highest BCUT2D eigenvalue weighted by Gasteiger charge is 2.24. The molecular weight excluding hydrogens is 456 g/mol. The van der Waals surface area contributed by atoms with Crippen LogP contribution in [0.5, 0.6) is 0 Å². The van der Waals surface area contributed by atoms with Crippen molar-refractivity contribution < 1.29 is 9.13 Å². The van der Waals surface area contributed by atoms with E-state index in [4.69, 9.17) is 9.97 Å². The molecule has 2 aromatic carbocycles. The molecule has 0 saturated heterocycles. The fourth-order valence-electron chi connectivity index (χ4n) is 3.55. The first-order valence-electron chi connectivity index (χ1n) is 8.19. The van der Waals surface area contributed by atoms with E-state index in [9.17, 15) is 0 Å². The average molecular weight is 470 g/mol. The first-order valence-corrected chi connectivity index (χ1v) is 9.78. The predicted octanol–water partition coefficient (Wildman–Crippen LogP) is 4.26. The number of halogens is 2. The summed E-state index contributed by atoms with van der Waals surface area (Å²) in [6.07, 6.45) is 0. The summed E-state index contributed by atoms with van der Waals surface area (Å²) < 4.78 is 6.32. The van der Waals surface area contributed by atoms with Gasteiger partial charge >= 0.3 is 11.3 Å². The smallest absolute Gasteiger partial charge is 0.222 e. The molecule has 0 saturated carbocycles. The molecule has 0 aliphatic rings. The van der Waals surface area contributed by atoms with Gasteiger partial charge in [-0.05, 0) is 46.4 Å². The van der Waals surface area contributed by atoms with Crippen LogP contribution in [-0.2, 0) is 14.1 Å². The van der Waals surface area contributed by atoms with Crippen molar-refractivity contribution in [2.75, 3.05) is 0 Å². The van der Waals surface area contributed by atoms with Crippen molar-refractivity contribution in [3.63, 3.8) is 0 Å². The Labute approximate surface area is 166 Å². The van der Waals surface area contributed by atoms with E-state index in [0.717, 1.165) is 53.1 Å². The predicted molar refractivity (Wildman–Crippen MR) is 110 cm³/mol. The highest BCUT2D eigenvalue weighted by Crippen LogP contribution is 2.23. The zero-order chi connectivity index (χ0) is 18.0. The molecule has 0 aliphatic carbocycles. The van der Waals surface area contributed by atoms with Gasteiger partial charge in [-0.3, -0.25) is 0 Å². The monoisotopic (exact) mass is 468 g/mol. The second-order valence-electron chi connectivity index (χ2n) is 6.45. The highest BCUT2D eigenvalue weighted by atomic mass is 79.9. The Morgan fingerprint density at radius 2 is 1.08 bits per heavy atom. The molecule has 0 aliphatic heterocycles. The third kappa shape index (κ3) is 2.32. The van der Waals surface area contributed by atoms with Crippen molar-refractivity contribution in [1.29, 1.82) is 0 Å². The van der Waals surface area contributed by atoms with E-state index in [0.29, 0.717) is 0 Å². The number of hydrogen-bond donors (Lipinski definition) is 0. The summed E-state index contributed by atoms with van der Waals surface area (Å²) in [6, 6.07) is 16.7. The van der Waals surface area contributed by atoms with Gasteiger partial charge < -0.3 is 0 Å². The Morgan fingerprint density at radius 1 is 0.654 bits per heavy atom. The number of rotatable bonds is 0. The minimum atomic E-state index is 0.877. The Hall–Kier alpha value is -2.18. The maximum absolute atomic E-state index is 4.94. The molecule has 6 heteroatoms. The van der Waals surface area contributed by atoms with E-state index >= 15 is 0 Å². The van der Waals surface area contributed by atoms with Gasteiger partial charge in [0.2, 0.25) is 0 Å². The molecule has 3 aromatic heterocycles. The lowest BCUT2D eigenvalue weighted by Gasteiger charge is -2.03. The Morgan fingerprint density at radius 3 is 1.50 bits per heavy atom. The molecule has 0 atom stereocenters. The van der Waals surface area contributed by atoms with Gasteiger partial charge in [0.25, 0.3) is 11.0 Å². The van der Waals surface area contributed by atoms with E-state index < -0.39 is 0 Å². The van der Waals surface area contributed by atoms with Crippen LogP contribution in [0, 0.1) is 0 Å². The molecule has 26 heavy (non-hydrogen) atoms. The minimum Gasteiger partial charge on any atom is -0.222 e. The molecule has 4 nitrogen and oxygen atoms in total. The van der Waals surface area contributed by atoms with Crippen LogP contribution in [0.2, 0.25) is 0 Å². The Bertz CT molecular complexity index is 1270. The molecule has 0 radical (unpaired) electrons. The second kappa shape index (κ2) is 5.66. The third-order valence-corrected chi connectivity index (χ3v) is 5.82. The highest BCUT2D eigenvalue weighted by molar-refractivity contribution is 9.10. The van der Waals surface area contributed by atoms with Crippen LogP contribution < -0.4 is 9.13 Å². The van der Waals surface area contributed by atoms with E-state index in [1.807, 2.05) is 26.2 Å². The van der Waals surface area contributed by atoms with E-state index in [-0.39, 0.29) is 0 Å². The molecule has 0 unspecified atom stereocenters. The number of aryl methyl sites for hydroxylation is 2. The number of nitrogens with zero attached hydrogens (tertiary/aromatic N) is 4. The minimum absolute atomic E-state index is 0.877. The molecular formula is C20H14Br2N4+2. The van der Waals surface area contributed by atoms with Crippen LogP contribution in [0.25, 0.3) is 44.1 Å². The van der Waals surface area contributed by atoms with Crippen molar-refractivity contribution in [2.45, 2.75) is 0 Å². The summed E-state index contributed by atoms with van der Waals surface area (Å²) in [5.41, 5.74) is 5.78. The molecule has 3 heterocycles. The van der Waals surface area contributed by atoms with Crippen molar-refractivity contribution >= 4 is 76.0 Å². The topological polar surface area (TPSA) is 33.5 Å². The number of fused-ring (bicyclic) bond motifs is 4. The van der Waals surface area contributed by atoms with Crippen LogP contribution in [0.3, 0.4) is 0 Å². The molecule has 0 bridgehead atoms. The summed E-state index contributed by atoms with van der Waals surface area (Å²) in [4.78, 5) is 9.89. The normalized spacial score (nSPS) is 11.8. The van der Waals surface area contributed by atoms with E-state index in [1.54, 1.807) is 0 Å². The average Bonchev–Trinajstić information content (AvgIpc) is 2.61. The second-order valence-corrected chi connectivity index (χ2v) is 8.29. The van der Waals surface area contributed by atoms with Gasteiger partial charge in [0.1, 0.15) is 11.0 Å². The summed E-state index contributed by atoms with van der Waals surface area (Å²) in [6.45, 7) is 0. The van der Waals surface area contributed by atoms with Gasteiger partial charge in [-0.2, -0.15) is 0 Å². The third-order valence-electron chi connectivity index (χ3n) is 4.83. The lowest BCUT2D eigenvalue weighted by Crippen LogP contribution is -2.34. The zero-order valence-corrected chi connectivity index (χ0v) is 17.3. The summed E-state index contributed by atoms with van der Waals surface area (Å²) in [5.74, 6) is 0. The fourth-order valence-corrected chi connectivity index (χ4v) is 4.30. The SMILES string of the molecule is C[n+]1c2ccc(Br)cc2cc2nc3c(cc4cc(Br)ccc4[n+]3C)nc21. The Balaban J connectivity index is 1.96. The van der Waals surface area contributed by atoms with Gasteiger partial charge in [-0.25, -0.2) is 9.13 Å². The summed E-state index contributed by atoms with van der Waals surface area (Å²) in [5, 5.41) is 2.27. The number of pyridine rings is 2. The first kappa shape index (κ1) is 16.0. The zero-order valence-electron chi connectivity index (χ0n) is 14.2. The maximum atomic E-state index is 4.94.